The van der Waals surface area contributed by atoms with Gasteiger partial charge in [0, 0.05) is 22.3 Å². The third-order valence-corrected chi connectivity index (χ3v) is 4.89. The summed E-state index contributed by atoms with van der Waals surface area (Å²) in [7, 11) is 0. The molecule has 0 aliphatic heterocycles. The summed E-state index contributed by atoms with van der Waals surface area (Å²) < 4.78 is 1.34. The Morgan fingerprint density at radius 1 is 1.10 bits per heavy atom. The van der Waals surface area contributed by atoms with Crippen molar-refractivity contribution >= 4 is 33.0 Å². The molecule has 1 N–H and O–H groups in total. The van der Waals surface area contributed by atoms with Gasteiger partial charge < -0.3 is 5.32 Å². The lowest BCUT2D eigenvalue weighted by Crippen LogP contribution is -2.18. The monoisotopic (exact) mass is 301 g/mol. The van der Waals surface area contributed by atoms with Gasteiger partial charge in [0.2, 0.25) is 0 Å². The van der Waals surface area contributed by atoms with Crippen molar-refractivity contribution in [1.29, 1.82) is 0 Å². The van der Waals surface area contributed by atoms with Gasteiger partial charge in [0.05, 0.1) is 0 Å². The molecule has 0 unspecified atom stereocenters. The molecule has 0 aliphatic carbocycles. The molecule has 0 fully saturated rings. The highest BCUT2D eigenvalue weighted by molar-refractivity contribution is 7.17. The zero-order valence-corrected chi connectivity index (χ0v) is 12.8. The van der Waals surface area contributed by atoms with E-state index in [1.807, 2.05) is 18.2 Å². The Morgan fingerprint density at radius 2 is 1.85 bits per heavy atom. The summed E-state index contributed by atoms with van der Waals surface area (Å²) in [6, 6.07) is 16.8. The quantitative estimate of drug-likeness (QED) is 0.680. The van der Waals surface area contributed by atoms with Crippen molar-refractivity contribution in [2.45, 2.75) is 19.5 Å². The number of halogens is 1. The van der Waals surface area contributed by atoms with Gasteiger partial charge in [-0.1, -0.05) is 48.0 Å². The molecule has 0 aliphatic rings. The largest absolute Gasteiger partial charge is 0.306 e. The lowest BCUT2D eigenvalue weighted by atomic mass is 10.1. The Balaban J connectivity index is 1.75. The van der Waals surface area contributed by atoms with E-state index < -0.39 is 0 Å². The number of fused-ring (bicyclic) bond motifs is 1. The van der Waals surface area contributed by atoms with E-state index in [0.29, 0.717) is 0 Å². The first-order valence-electron chi connectivity index (χ1n) is 6.68. The van der Waals surface area contributed by atoms with Crippen molar-refractivity contribution < 1.29 is 0 Å². The topological polar surface area (TPSA) is 12.0 Å². The molecule has 0 spiro atoms. The maximum atomic E-state index is 6.24. The summed E-state index contributed by atoms with van der Waals surface area (Å²) in [5.74, 6) is 0. The normalized spacial score (nSPS) is 12.7. The van der Waals surface area contributed by atoms with Gasteiger partial charge in [0.1, 0.15) is 0 Å². The average Bonchev–Trinajstić information content (AvgIpc) is 2.88. The van der Waals surface area contributed by atoms with Crippen LogP contribution in [0.25, 0.3) is 10.1 Å². The molecule has 1 nitrogen and oxygen atoms in total. The Kier molecular flexibility index (Phi) is 4.06. The van der Waals surface area contributed by atoms with Crippen molar-refractivity contribution in [3.05, 3.63) is 70.1 Å². The second-order valence-corrected chi connectivity index (χ2v) is 6.20. The van der Waals surface area contributed by atoms with Gasteiger partial charge in [-0.15, -0.1) is 11.3 Å². The smallest absolute Gasteiger partial charge is 0.0453 e. The van der Waals surface area contributed by atoms with E-state index in [1.54, 1.807) is 11.3 Å². The van der Waals surface area contributed by atoms with Crippen molar-refractivity contribution in [2.24, 2.45) is 0 Å². The van der Waals surface area contributed by atoms with Crippen LogP contribution in [0.1, 0.15) is 24.1 Å². The van der Waals surface area contributed by atoms with Crippen LogP contribution in [0.2, 0.25) is 5.02 Å². The van der Waals surface area contributed by atoms with E-state index in [1.165, 1.54) is 15.6 Å². The molecule has 1 heterocycles. The fourth-order valence-electron chi connectivity index (χ4n) is 2.37. The van der Waals surface area contributed by atoms with Gasteiger partial charge in [0.25, 0.3) is 0 Å². The first-order valence-corrected chi connectivity index (χ1v) is 7.94. The van der Waals surface area contributed by atoms with Crippen molar-refractivity contribution in [3.63, 3.8) is 0 Å². The first-order chi connectivity index (χ1) is 9.75. The fraction of sp³-hybridized carbons (Fsp3) is 0.176. The molecule has 3 rings (SSSR count). The molecule has 102 valence electrons. The third-order valence-electron chi connectivity index (χ3n) is 3.53. The summed E-state index contributed by atoms with van der Waals surface area (Å²) in [5, 5.41) is 7.96. The van der Waals surface area contributed by atoms with Crippen molar-refractivity contribution in [1.82, 2.24) is 5.32 Å². The van der Waals surface area contributed by atoms with Crippen LogP contribution in [0, 0.1) is 0 Å². The van der Waals surface area contributed by atoms with E-state index in [0.717, 1.165) is 17.1 Å². The number of hydrogen-bond donors (Lipinski definition) is 1. The molecule has 2 aromatic carbocycles. The number of rotatable bonds is 4. The van der Waals surface area contributed by atoms with Crippen LogP contribution in [0.3, 0.4) is 0 Å². The summed E-state index contributed by atoms with van der Waals surface area (Å²) in [4.78, 5) is 0. The van der Waals surface area contributed by atoms with Gasteiger partial charge in [0.15, 0.2) is 0 Å². The number of nitrogens with one attached hydrogen (secondary N) is 1. The van der Waals surface area contributed by atoms with Crippen molar-refractivity contribution in [3.8, 4) is 0 Å². The van der Waals surface area contributed by atoms with Crippen LogP contribution in [-0.4, -0.2) is 0 Å². The average molecular weight is 302 g/mol. The predicted molar refractivity (Wildman–Crippen MR) is 88.5 cm³/mol. The molecule has 3 heteroatoms. The molecule has 0 bridgehead atoms. The molecule has 20 heavy (non-hydrogen) atoms. The summed E-state index contributed by atoms with van der Waals surface area (Å²) in [6.07, 6.45) is 0. The Bertz CT molecular complexity index is 720. The second-order valence-electron chi connectivity index (χ2n) is 4.88. The predicted octanol–water partition coefficient (Wildman–Crippen LogP) is 5.41. The van der Waals surface area contributed by atoms with Crippen LogP contribution in [0.4, 0.5) is 0 Å². The molecule has 1 atom stereocenters. The number of benzene rings is 2. The lowest BCUT2D eigenvalue weighted by molar-refractivity contribution is 0.577. The summed E-state index contributed by atoms with van der Waals surface area (Å²) in [5.41, 5.74) is 2.50. The minimum atomic E-state index is 0.238. The lowest BCUT2D eigenvalue weighted by Gasteiger charge is -2.15. The highest BCUT2D eigenvalue weighted by Crippen LogP contribution is 2.27. The van der Waals surface area contributed by atoms with Gasteiger partial charge in [-0.05, 0) is 40.9 Å². The maximum absolute atomic E-state index is 6.24. The van der Waals surface area contributed by atoms with Gasteiger partial charge >= 0.3 is 0 Å². The molecule has 3 aromatic rings. The number of thiophene rings is 1. The number of hydrogen-bond acceptors (Lipinski definition) is 2. The van der Waals surface area contributed by atoms with E-state index in [4.69, 9.17) is 11.6 Å². The van der Waals surface area contributed by atoms with E-state index in [2.05, 4.69) is 48.0 Å². The third kappa shape index (κ3) is 2.73. The summed E-state index contributed by atoms with van der Waals surface area (Å²) >= 11 is 8.04. The molecule has 0 amide bonds. The van der Waals surface area contributed by atoms with Gasteiger partial charge in [-0.3, -0.25) is 0 Å². The highest BCUT2D eigenvalue weighted by Gasteiger charge is 2.10. The maximum Gasteiger partial charge on any atom is 0.0453 e. The van der Waals surface area contributed by atoms with Crippen LogP contribution < -0.4 is 5.32 Å². The molecule has 1 aromatic heterocycles. The van der Waals surface area contributed by atoms with Gasteiger partial charge in [-0.2, -0.15) is 0 Å². The standard InChI is InChI=1S/C17H16ClNS/c1-12(14-6-2-4-8-16(14)18)19-10-13-11-20-17-9-5-3-7-15(13)17/h2-9,11-12,19H,10H2,1H3/t12-/m0/s1. The fourth-order valence-corrected chi connectivity index (χ4v) is 3.63. The Hall–Kier alpha value is -1.35. The molecule has 0 saturated heterocycles. The van der Waals surface area contributed by atoms with Crippen LogP contribution in [-0.2, 0) is 6.54 Å². The van der Waals surface area contributed by atoms with Crippen LogP contribution in [0.5, 0.6) is 0 Å². The van der Waals surface area contributed by atoms with E-state index in [-0.39, 0.29) is 6.04 Å². The molecular weight excluding hydrogens is 286 g/mol. The zero-order valence-electron chi connectivity index (χ0n) is 11.3. The van der Waals surface area contributed by atoms with E-state index >= 15 is 0 Å². The SMILES string of the molecule is C[C@H](NCc1csc2ccccc12)c1ccccc1Cl. The minimum absolute atomic E-state index is 0.238. The molecular formula is C17H16ClNS. The Labute approximate surface area is 128 Å². The first kappa shape index (κ1) is 13.6. The second kappa shape index (κ2) is 5.96. The van der Waals surface area contributed by atoms with Gasteiger partial charge in [-0.25, -0.2) is 0 Å². The summed E-state index contributed by atoms with van der Waals surface area (Å²) in [6.45, 7) is 3.01. The molecule has 0 saturated carbocycles. The Morgan fingerprint density at radius 3 is 2.70 bits per heavy atom. The minimum Gasteiger partial charge on any atom is -0.306 e. The highest BCUT2D eigenvalue weighted by atomic mass is 35.5. The molecule has 0 radical (unpaired) electrons. The van der Waals surface area contributed by atoms with Crippen LogP contribution in [0.15, 0.2) is 53.9 Å². The van der Waals surface area contributed by atoms with Crippen molar-refractivity contribution in [2.75, 3.05) is 0 Å². The van der Waals surface area contributed by atoms with Crippen LogP contribution >= 0.6 is 22.9 Å². The van der Waals surface area contributed by atoms with E-state index in [9.17, 15) is 0 Å². The zero-order chi connectivity index (χ0) is 13.9.